The highest BCUT2D eigenvalue weighted by Gasteiger charge is 2.16. The molecule has 0 N–H and O–H groups in total. The fourth-order valence-electron chi connectivity index (χ4n) is 3.33. The first-order chi connectivity index (χ1) is 15.2. The van der Waals surface area contributed by atoms with Crippen molar-refractivity contribution in [3.05, 3.63) is 92.9 Å². The van der Waals surface area contributed by atoms with Crippen LogP contribution in [0.4, 0.5) is 11.4 Å². The molecular weight excluding hydrogens is 416 g/mol. The van der Waals surface area contributed by atoms with Crippen LogP contribution in [0.25, 0.3) is 11.3 Å². The van der Waals surface area contributed by atoms with Gasteiger partial charge in [-0.15, -0.1) is 11.3 Å². The van der Waals surface area contributed by atoms with E-state index >= 15 is 0 Å². The molecule has 2 aromatic heterocycles. The summed E-state index contributed by atoms with van der Waals surface area (Å²) in [5.74, 6) is 1.43. The first kappa shape index (κ1) is 19.0. The third-order valence-corrected chi connectivity index (χ3v) is 5.66. The van der Waals surface area contributed by atoms with Crippen molar-refractivity contribution in [2.24, 2.45) is 4.99 Å². The molecule has 0 unspecified atom stereocenters. The summed E-state index contributed by atoms with van der Waals surface area (Å²) < 4.78 is 12.9. The van der Waals surface area contributed by atoms with E-state index in [1.807, 2.05) is 46.3 Å². The quantitative estimate of drug-likeness (QED) is 0.341. The number of thiazole rings is 1. The zero-order chi connectivity index (χ0) is 21.2. The molecule has 1 aliphatic heterocycles. The van der Waals surface area contributed by atoms with E-state index < -0.39 is 0 Å². The van der Waals surface area contributed by atoms with Crippen LogP contribution >= 0.6 is 11.3 Å². The van der Waals surface area contributed by atoms with Crippen molar-refractivity contribution >= 4 is 22.7 Å². The average molecular weight is 432 g/mol. The van der Waals surface area contributed by atoms with Crippen LogP contribution in [0, 0.1) is 10.1 Å². The molecule has 0 amide bonds. The Hall–Kier alpha value is -3.98. The number of nitrogens with zero attached hydrogens (tertiary/aromatic N) is 4. The predicted molar refractivity (Wildman–Crippen MR) is 116 cm³/mol. The van der Waals surface area contributed by atoms with Crippen molar-refractivity contribution in [2.75, 3.05) is 6.79 Å². The van der Waals surface area contributed by atoms with E-state index in [0.717, 1.165) is 33.1 Å². The van der Waals surface area contributed by atoms with Crippen LogP contribution < -0.4 is 14.3 Å². The fourth-order valence-corrected chi connectivity index (χ4v) is 4.26. The number of benzene rings is 2. The standard InChI is InChI=1S/C22H16N4O4S/c27-26(28)18-5-1-3-16(10-18)19-13-31-22(24-17-4-2-8-23-11-17)25(19)12-15-6-7-20-21(9-15)30-14-29-20/h1-11,13H,12,14H2. The maximum Gasteiger partial charge on any atom is 0.270 e. The van der Waals surface area contributed by atoms with Gasteiger partial charge >= 0.3 is 0 Å². The summed E-state index contributed by atoms with van der Waals surface area (Å²) in [7, 11) is 0. The number of nitro benzene ring substituents is 1. The van der Waals surface area contributed by atoms with Gasteiger partial charge in [0.1, 0.15) is 0 Å². The summed E-state index contributed by atoms with van der Waals surface area (Å²) in [6.45, 7) is 0.724. The van der Waals surface area contributed by atoms with Crippen molar-refractivity contribution < 1.29 is 14.4 Å². The molecule has 0 atom stereocenters. The molecule has 1 aliphatic rings. The third-order valence-electron chi connectivity index (χ3n) is 4.80. The smallest absolute Gasteiger partial charge is 0.270 e. The van der Waals surface area contributed by atoms with Gasteiger partial charge in [-0.2, -0.15) is 0 Å². The molecule has 0 fully saturated rings. The number of rotatable bonds is 5. The summed E-state index contributed by atoms with van der Waals surface area (Å²) in [4.78, 5) is 20.5. The van der Waals surface area contributed by atoms with Gasteiger partial charge in [0.15, 0.2) is 16.3 Å². The van der Waals surface area contributed by atoms with Gasteiger partial charge in [-0.25, -0.2) is 4.99 Å². The van der Waals surface area contributed by atoms with Crippen LogP contribution in [0.3, 0.4) is 0 Å². The summed E-state index contributed by atoms with van der Waals surface area (Å²) in [5.41, 5.74) is 3.37. The van der Waals surface area contributed by atoms with Gasteiger partial charge < -0.3 is 14.0 Å². The maximum atomic E-state index is 11.3. The number of fused-ring (bicyclic) bond motifs is 1. The van der Waals surface area contributed by atoms with Crippen LogP contribution in [0.15, 0.2) is 77.4 Å². The number of pyridine rings is 1. The number of aromatic nitrogens is 2. The molecule has 4 aromatic rings. The SMILES string of the molecule is O=[N+]([O-])c1cccc(-c2csc(=Nc3cccnc3)n2Cc2ccc3c(c2)OCO3)c1. The lowest BCUT2D eigenvalue weighted by Crippen LogP contribution is -2.16. The summed E-state index contributed by atoms with van der Waals surface area (Å²) in [6, 6.07) is 16.1. The Morgan fingerprint density at radius 1 is 1.13 bits per heavy atom. The summed E-state index contributed by atoms with van der Waals surface area (Å²) >= 11 is 1.47. The number of ether oxygens (including phenoxy) is 2. The van der Waals surface area contributed by atoms with Crippen LogP contribution in [0.1, 0.15) is 5.56 Å². The second kappa shape index (κ2) is 8.04. The third kappa shape index (κ3) is 3.90. The van der Waals surface area contributed by atoms with Gasteiger partial charge in [0.25, 0.3) is 5.69 Å². The number of nitro groups is 1. The molecule has 0 bridgehead atoms. The number of hydrogen-bond acceptors (Lipinski definition) is 7. The molecule has 9 heteroatoms. The number of hydrogen-bond donors (Lipinski definition) is 0. The Bertz CT molecular complexity index is 1330. The van der Waals surface area contributed by atoms with E-state index in [1.165, 1.54) is 17.4 Å². The van der Waals surface area contributed by atoms with Crippen molar-refractivity contribution in [3.63, 3.8) is 0 Å². The van der Waals surface area contributed by atoms with Crippen LogP contribution in [0.2, 0.25) is 0 Å². The lowest BCUT2D eigenvalue weighted by Gasteiger charge is -2.10. The molecule has 0 saturated heterocycles. The van der Waals surface area contributed by atoms with Crippen LogP contribution in [0.5, 0.6) is 11.5 Å². The van der Waals surface area contributed by atoms with E-state index in [9.17, 15) is 10.1 Å². The molecule has 0 saturated carbocycles. The Balaban J connectivity index is 1.63. The zero-order valence-corrected chi connectivity index (χ0v) is 17.0. The summed E-state index contributed by atoms with van der Waals surface area (Å²) in [5, 5.41) is 13.2. The van der Waals surface area contributed by atoms with E-state index in [-0.39, 0.29) is 17.4 Å². The molecule has 2 aromatic carbocycles. The lowest BCUT2D eigenvalue weighted by atomic mass is 10.1. The minimum atomic E-state index is -0.390. The first-order valence-corrected chi connectivity index (χ1v) is 10.3. The minimum Gasteiger partial charge on any atom is -0.454 e. The lowest BCUT2D eigenvalue weighted by molar-refractivity contribution is -0.384. The Kier molecular flexibility index (Phi) is 4.93. The highest BCUT2D eigenvalue weighted by atomic mass is 32.1. The largest absolute Gasteiger partial charge is 0.454 e. The van der Waals surface area contributed by atoms with Crippen LogP contribution in [-0.2, 0) is 6.54 Å². The van der Waals surface area contributed by atoms with E-state index in [2.05, 4.69) is 4.98 Å². The summed E-state index contributed by atoms with van der Waals surface area (Å²) in [6.07, 6.45) is 3.39. The molecule has 0 radical (unpaired) electrons. The minimum absolute atomic E-state index is 0.0454. The monoisotopic (exact) mass is 432 g/mol. The Labute approximate surface area is 180 Å². The van der Waals surface area contributed by atoms with Gasteiger partial charge in [-0.1, -0.05) is 18.2 Å². The maximum absolute atomic E-state index is 11.3. The van der Waals surface area contributed by atoms with Gasteiger partial charge in [0.05, 0.1) is 29.0 Å². The predicted octanol–water partition coefficient (Wildman–Crippen LogP) is 4.53. The zero-order valence-electron chi connectivity index (χ0n) is 16.2. The van der Waals surface area contributed by atoms with Gasteiger partial charge in [0.2, 0.25) is 6.79 Å². The average Bonchev–Trinajstić information content (AvgIpc) is 3.41. The van der Waals surface area contributed by atoms with Gasteiger partial charge in [-0.05, 0) is 29.8 Å². The highest BCUT2D eigenvalue weighted by molar-refractivity contribution is 7.07. The van der Waals surface area contributed by atoms with Crippen molar-refractivity contribution in [1.29, 1.82) is 0 Å². The number of non-ortho nitro benzene ring substituents is 1. The molecule has 5 rings (SSSR count). The van der Waals surface area contributed by atoms with E-state index in [0.29, 0.717) is 12.3 Å². The molecule has 0 spiro atoms. The van der Waals surface area contributed by atoms with E-state index in [1.54, 1.807) is 24.5 Å². The molecule has 0 aliphatic carbocycles. The van der Waals surface area contributed by atoms with E-state index in [4.69, 9.17) is 14.5 Å². The van der Waals surface area contributed by atoms with Gasteiger partial charge in [0, 0.05) is 29.3 Å². The molecule has 154 valence electrons. The topological polar surface area (TPSA) is 91.8 Å². The van der Waals surface area contributed by atoms with Crippen LogP contribution in [-0.4, -0.2) is 21.3 Å². The normalized spacial score (nSPS) is 12.8. The van der Waals surface area contributed by atoms with Crippen molar-refractivity contribution in [2.45, 2.75) is 6.54 Å². The molecule has 3 heterocycles. The highest BCUT2D eigenvalue weighted by Crippen LogP contribution is 2.33. The van der Waals surface area contributed by atoms with Gasteiger partial charge in [-0.3, -0.25) is 15.1 Å². The Morgan fingerprint density at radius 2 is 2.03 bits per heavy atom. The van der Waals surface area contributed by atoms with Crippen molar-refractivity contribution in [1.82, 2.24) is 9.55 Å². The molecule has 8 nitrogen and oxygen atoms in total. The molecular formula is C22H16N4O4S. The second-order valence-electron chi connectivity index (χ2n) is 6.81. The fraction of sp³-hybridized carbons (Fsp3) is 0.0909. The Morgan fingerprint density at radius 3 is 2.87 bits per heavy atom. The van der Waals surface area contributed by atoms with Crippen molar-refractivity contribution in [3.8, 4) is 22.8 Å². The first-order valence-electron chi connectivity index (χ1n) is 9.44. The molecule has 31 heavy (non-hydrogen) atoms. The second-order valence-corrected chi connectivity index (χ2v) is 7.64.